The number of carbonyl (C=O) groups is 1. The van der Waals surface area contributed by atoms with Crippen molar-refractivity contribution >= 4 is 5.97 Å². The second-order valence-electron chi connectivity index (χ2n) is 5.30. The maximum Gasteiger partial charge on any atom is 0.337 e. The number of carbonyl (C=O) groups excluding carboxylic acids is 1. The van der Waals surface area contributed by atoms with E-state index < -0.39 is 18.2 Å². The van der Waals surface area contributed by atoms with Gasteiger partial charge in [-0.15, -0.1) is 0 Å². The van der Waals surface area contributed by atoms with Gasteiger partial charge < -0.3 is 20.3 Å². The summed E-state index contributed by atoms with van der Waals surface area (Å²) in [4.78, 5) is 11.3. The van der Waals surface area contributed by atoms with Crippen molar-refractivity contribution in [1.82, 2.24) is 5.32 Å². The molecule has 2 rings (SSSR count). The van der Waals surface area contributed by atoms with Crippen LogP contribution in [-0.4, -0.2) is 47.1 Å². The fourth-order valence-corrected chi connectivity index (χ4v) is 2.96. The molecule has 1 aliphatic carbocycles. The minimum Gasteiger partial charge on any atom is -0.464 e. The molecule has 1 aliphatic heterocycles. The summed E-state index contributed by atoms with van der Waals surface area (Å²) in [6, 6.07) is 0.0943. The van der Waals surface area contributed by atoms with Gasteiger partial charge in [-0.05, 0) is 25.7 Å². The van der Waals surface area contributed by atoms with Crippen molar-refractivity contribution in [2.75, 3.05) is 6.61 Å². The summed E-state index contributed by atoms with van der Waals surface area (Å²) < 4.78 is 4.71. The summed E-state index contributed by atoms with van der Waals surface area (Å²) in [6.07, 6.45) is 3.64. The van der Waals surface area contributed by atoms with Gasteiger partial charge in [0.15, 0.2) is 6.10 Å². The topological polar surface area (TPSA) is 88.7 Å². The van der Waals surface area contributed by atoms with E-state index in [1.54, 1.807) is 6.92 Å². The number of ether oxygens (including phenoxy) is 1. The number of esters is 1. The van der Waals surface area contributed by atoms with Gasteiger partial charge in [-0.2, -0.15) is 0 Å². The monoisotopic (exact) mass is 257 g/mol. The maximum absolute atomic E-state index is 11.3. The van der Waals surface area contributed by atoms with Gasteiger partial charge in [0, 0.05) is 6.04 Å². The molecular weight excluding hydrogens is 234 g/mol. The normalized spacial score (nSPS) is 31.7. The highest BCUT2D eigenvalue weighted by molar-refractivity contribution is 5.75. The summed E-state index contributed by atoms with van der Waals surface area (Å²) in [5.41, 5.74) is 0. The Kier molecular flexibility index (Phi) is 4.59. The van der Waals surface area contributed by atoms with E-state index in [9.17, 15) is 15.0 Å². The Morgan fingerprint density at radius 2 is 2.00 bits per heavy atom. The number of hydrogen-bond acceptors (Lipinski definition) is 5. The van der Waals surface area contributed by atoms with Crippen LogP contribution in [0, 0.1) is 5.92 Å². The van der Waals surface area contributed by atoms with Crippen molar-refractivity contribution in [1.29, 1.82) is 0 Å². The second-order valence-corrected chi connectivity index (χ2v) is 5.30. The molecule has 1 saturated heterocycles. The Morgan fingerprint density at radius 1 is 1.33 bits per heavy atom. The molecule has 2 aliphatic rings. The quantitative estimate of drug-likeness (QED) is 0.483. The molecule has 0 aromatic heterocycles. The lowest BCUT2D eigenvalue weighted by Gasteiger charge is -2.22. The van der Waals surface area contributed by atoms with E-state index in [2.05, 4.69) is 5.32 Å². The predicted molar refractivity (Wildman–Crippen MR) is 65.9 cm³/mol. The average Bonchev–Trinajstić information content (AvgIpc) is 3.18. The van der Waals surface area contributed by atoms with Crippen molar-refractivity contribution in [3.63, 3.8) is 0 Å². The van der Waals surface area contributed by atoms with Gasteiger partial charge in [-0.25, -0.2) is 4.79 Å². The van der Waals surface area contributed by atoms with Crippen LogP contribution < -0.4 is 5.32 Å². The van der Waals surface area contributed by atoms with Gasteiger partial charge in [0.05, 0.1) is 12.6 Å². The molecule has 5 heteroatoms. The molecule has 18 heavy (non-hydrogen) atoms. The highest BCUT2D eigenvalue weighted by Crippen LogP contribution is 2.35. The molecule has 0 aromatic rings. The minimum absolute atomic E-state index is 0.160. The van der Waals surface area contributed by atoms with E-state index in [1.807, 2.05) is 0 Å². The zero-order chi connectivity index (χ0) is 13.1. The van der Waals surface area contributed by atoms with Crippen LogP contribution in [0.1, 0.15) is 39.0 Å². The standard InChI is InChI=1S/C13H23NO4/c1-2-18-13(17)12(16)11(15)10-9(14-10)8-6-4-3-5-7-8/h8-12,14-16H,2-7H2,1H3/t9-,10+,11-,12+/m1/s1. The Morgan fingerprint density at radius 3 is 2.61 bits per heavy atom. The van der Waals surface area contributed by atoms with Crippen molar-refractivity contribution in [2.24, 2.45) is 5.92 Å². The Hall–Kier alpha value is -0.650. The van der Waals surface area contributed by atoms with Crippen LogP contribution in [0.3, 0.4) is 0 Å². The first kappa shape index (κ1) is 13.8. The first-order valence-corrected chi connectivity index (χ1v) is 6.94. The molecule has 0 unspecified atom stereocenters. The summed E-state index contributed by atoms with van der Waals surface area (Å²) in [5.74, 6) is -0.158. The second kappa shape index (κ2) is 5.99. The molecule has 1 saturated carbocycles. The molecule has 0 bridgehead atoms. The number of nitrogens with one attached hydrogen (secondary N) is 1. The highest BCUT2D eigenvalue weighted by atomic mass is 16.5. The van der Waals surface area contributed by atoms with E-state index in [0.717, 1.165) is 0 Å². The first-order valence-electron chi connectivity index (χ1n) is 6.94. The third-order valence-corrected chi connectivity index (χ3v) is 4.04. The third kappa shape index (κ3) is 3.02. The summed E-state index contributed by atoms with van der Waals surface area (Å²) in [7, 11) is 0. The van der Waals surface area contributed by atoms with Crippen LogP contribution in [-0.2, 0) is 9.53 Å². The molecule has 0 spiro atoms. The van der Waals surface area contributed by atoms with Crippen molar-refractivity contribution < 1.29 is 19.7 Å². The number of rotatable bonds is 5. The number of hydrogen-bond donors (Lipinski definition) is 3. The van der Waals surface area contributed by atoms with Crippen molar-refractivity contribution in [2.45, 2.75) is 63.3 Å². The largest absolute Gasteiger partial charge is 0.464 e. The lowest BCUT2D eigenvalue weighted by Crippen LogP contribution is -2.40. The van der Waals surface area contributed by atoms with Crippen molar-refractivity contribution in [3.8, 4) is 0 Å². The molecule has 0 radical (unpaired) electrons. The molecule has 4 atom stereocenters. The SMILES string of the molecule is CCOC(=O)[C@@H](O)[C@H](O)[C@H]1N[C@@H]1C1CCCCC1. The molecule has 1 heterocycles. The van der Waals surface area contributed by atoms with E-state index in [1.165, 1.54) is 32.1 Å². The molecule has 3 N–H and O–H groups in total. The Bertz CT molecular complexity index is 291. The van der Waals surface area contributed by atoms with Gasteiger partial charge in [-0.1, -0.05) is 19.3 Å². The Balaban J connectivity index is 1.80. The van der Waals surface area contributed by atoms with Crippen LogP contribution >= 0.6 is 0 Å². The lowest BCUT2D eigenvalue weighted by atomic mass is 9.85. The fraction of sp³-hybridized carbons (Fsp3) is 0.923. The van der Waals surface area contributed by atoms with Gasteiger partial charge in [0.1, 0.15) is 6.10 Å². The molecule has 0 aromatic carbocycles. The van der Waals surface area contributed by atoms with Gasteiger partial charge >= 0.3 is 5.97 Å². The van der Waals surface area contributed by atoms with E-state index in [4.69, 9.17) is 4.74 Å². The molecule has 2 fully saturated rings. The number of aliphatic hydroxyl groups is 2. The summed E-state index contributed by atoms with van der Waals surface area (Å²) in [6.45, 7) is 1.89. The third-order valence-electron chi connectivity index (χ3n) is 4.04. The summed E-state index contributed by atoms with van der Waals surface area (Å²) in [5, 5.41) is 22.8. The van der Waals surface area contributed by atoms with E-state index in [0.29, 0.717) is 5.92 Å². The van der Waals surface area contributed by atoms with Crippen molar-refractivity contribution in [3.05, 3.63) is 0 Å². The van der Waals surface area contributed by atoms with E-state index >= 15 is 0 Å². The Labute approximate surface area is 108 Å². The molecule has 5 nitrogen and oxygen atoms in total. The maximum atomic E-state index is 11.3. The van der Waals surface area contributed by atoms with Crippen LogP contribution in [0.25, 0.3) is 0 Å². The zero-order valence-electron chi connectivity index (χ0n) is 10.8. The predicted octanol–water partition coefficient (Wildman–Crippen LogP) is 0.192. The number of aliphatic hydroxyl groups excluding tert-OH is 2. The van der Waals surface area contributed by atoms with Gasteiger partial charge in [0.25, 0.3) is 0 Å². The van der Waals surface area contributed by atoms with Crippen LogP contribution in [0.4, 0.5) is 0 Å². The van der Waals surface area contributed by atoms with Crippen LogP contribution in [0.2, 0.25) is 0 Å². The lowest BCUT2D eigenvalue weighted by molar-refractivity contribution is -0.159. The zero-order valence-corrected chi connectivity index (χ0v) is 10.8. The fourth-order valence-electron chi connectivity index (χ4n) is 2.96. The van der Waals surface area contributed by atoms with Crippen LogP contribution in [0.5, 0.6) is 0 Å². The summed E-state index contributed by atoms with van der Waals surface area (Å²) >= 11 is 0. The minimum atomic E-state index is -1.43. The van der Waals surface area contributed by atoms with Crippen LogP contribution in [0.15, 0.2) is 0 Å². The smallest absolute Gasteiger partial charge is 0.337 e. The average molecular weight is 257 g/mol. The first-order chi connectivity index (χ1) is 8.65. The molecule has 104 valence electrons. The highest BCUT2D eigenvalue weighted by Gasteiger charge is 2.49. The molecular formula is C13H23NO4. The molecule has 0 amide bonds. The van der Waals surface area contributed by atoms with Gasteiger partial charge in [0.2, 0.25) is 0 Å². The van der Waals surface area contributed by atoms with E-state index in [-0.39, 0.29) is 18.7 Å². The van der Waals surface area contributed by atoms with Gasteiger partial charge in [-0.3, -0.25) is 0 Å².